The summed E-state index contributed by atoms with van der Waals surface area (Å²) in [5.41, 5.74) is 3.66. The lowest BCUT2D eigenvalue weighted by atomic mass is 9.91. The average molecular weight is 329 g/mol. The second kappa shape index (κ2) is 6.97. The first-order chi connectivity index (χ1) is 10.7. The zero-order valence-electron chi connectivity index (χ0n) is 13.9. The third-order valence-electron chi connectivity index (χ3n) is 3.24. The van der Waals surface area contributed by atoms with E-state index in [0.29, 0.717) is 16.4 Å². The number of carbonyl (C=O) groups is 1. The Hall–Kier alpha value is -2.13. The van der Waals surface area contributed by atoms with Crippen LogP contribution in [0.1, 0.15) is 43.6 Å². The van der Waals surface area contributed by atoms with Crippen LogP contribution in [0.25, 0.3) is 5.57 Å². The smallest absolute Gasteiger partial charge is 0.255 e. The molecule has 0 aliphatic rings. The van der Waals surface area contributed by atoms with E-state index in [1.54, 1.807) is 12.1 Å². The lowest BCUT2D eigenvalue weighted by molar-refractivity contribution is 0.102. The van der Waals surface area contributed by atoms with E-state index in [9.17, 15) is 4.79 Å². The SMILES string of the molecule is C/C(=C\C(C)(C)C)c1ccc(C(=O)Nc2ccc(Cl)nc2)cc1. The zero-order chi connectivity index (χ0) is 17.0. The summed E-state index contributed by atoms with van der Waals surface area (Å²) < 4.78 is 0. The number of amides is 1. The minimum absolute atomic E-state index is 0.127. The second-order valence-electron chi connectivity index (χ2n) is 6.59. The second-order valence-corrected chi connectivity index (χ2v) is 6.98. The zero-order valence-corrected chi connectivity index (χ0v) is 14.6. The standard InChI is InChI=1S/C19H21ClN2O/c1-13(11-19(2,3)4)14-5-7-15(8-6-14)18(23)22-16-9-10-17(20)21-12-16/h5-12H,1-4H3,(H,22,23)/b13-11+. The number of anilines is 1. The van der Waals surface area contributed by atoms with Crippen molar-refractivity contribution in [1.29, 1.82) is 0 Å². The van der Waals surface area contributed by atoms with Gasteiger partial charge in [-0.15, -0.1) is 0 Å². The Bertz CT molecular complexity index is 711. The van der Waals surface area contributed by atoms with Gasteiger partial charge in [0.15, 0.2) is 0 Å². The molecule has 4 heteroatoms. The Morgan fingerprint density at radius 2 is 1.70 bits per heavy atom. The molecule has 0 atom stereocenters. The largest absolute Gasteiger partial charge is 0.321 e. The maximum Gasteiger partial charge on any atom is 0.255 e. The van der Waals surface area contributed by atoms with Crippen LogP contribution >= 0.6 is 11.6 Å². The molecule has 2 aromatic rings. The van der Waals surface area contributed by atoms with Gasteiger partial charge in [0.2, 0.25) is 0 Å². The van der Waals surface area contributed by atoms with Crippen LogP contribution in [0.15, 0.2) is 48.7 Å². The Balaban J connectivity index is 2.11. The Labute approximate surface area is 142 Å². The van der Waals surface area contributed by atoms with Crippen molar-refractivity contribution in [2.75, 3.05) is 5.32 Å². The number of pyridine rings is 1. The summed E-state index contributed by atoms with van der Waals surface area (Å²) in [6.45, 7) is 8.58. The molecule has 0 saturated carbocycles. The van der Waals surface area contributed by atoms with Crippen molar-refractivity contribution in [1.82, 2.24) is 4.98 Å². The Morgan fingerprint density at radius 3 is 2.22 bits per heavy atom. The minimum Gasteiger partial charge on any atom is -0.321 e. The minimum atomic E-state index is -0.168. The molecule has 120 valence electrons. The van der Waals surface area contributed by atoms with Gasteiger partial charge in [-0.25, -0.2) is 4.98 Å². The molecule has 0 radical (unpaired) electrons. The van der Waals surface area contributed by atoms with Crippen LogP contribution in [0.3, 0.4) is 0 Å². The summed E-state index contributed by atoms with van der Waals surface area (Å²) in [7, 11) is 0. The fourth-order valence-electron chi connectivity index (χ4n) is 2.27. The van der Waals surface area contributed by atoms with Gasteiger partial charge in [0, 0.05) is 5.56 Å². The van der Waals surface area contributed by atoms with Gasteiger partial charge in [0.25, 0.3) is 5.91 Å². The van der Waals surface area contributed by atoms with Crippen molar-refractivity contribution in [3.05, 3.63) is 65.0 Å². The van der Waals surface area contributed by atoms with Crippen molar-refractivity contribution in [3.63, 3.8) is 0 Å². The number of hydrogen-bond donors (Lipinski definition) is 1. The van der Waals surface area contributed by atoms with E-state index in [1.807, 2.05) is 24.3 Å². The molecule has 0 fully saturated rings. The third kappa shape index (κ3) is 5.22. The van der Waals surface area contributed by atoms with Crippen LogP contribution < -0.4 is 5.32 Å². The van der Waals surface area contributed by atoms with Crippen molar-refractivity contribution in [3.8, 4) is 0 Å². The third-order valence-corrected chi connectivity index (χ3v) is 3.46. The molecule has 23 heavy (non-hydrogen) atoms. The molecule has 1 amide bonds. The van der Waals surface area contributed by atoms with Crippen LogP contribution in [0, 0.1) is 5.41 Å². The number of carbonyl (C=O) groups excluding carboxylic acids is 1. The number of benzene rings is 1. The van der Waals surface area contributed by atoms with Gasteiger partial charge in [-0.2, -0.15) is 0 Å². The van der Waals surface area contributed by atoms with Crippen LogP contribution in [-0.2, 0) is 0 Å². The number of rotatable bonds is 3. The first-order valence-electron chi connectivity index (χ1n) is 7.47. The maximum absolute atomic E-state index is 12.2. The molecule has 0 bridgehead atoms. The summed E-state index contributed by atoms with van der Waals surface area (Å²) in [6, 6.07) is 10.9. The van der Waals surface area contributed by atoms with Crippen LogP contribution in [0.5, 0.6) is 0 Å². The van der Waals surface area contributed by atoms with Gasteiger partial charge in [-0.1, -0.05) is 50.6 Å². The molecule has 0 aliphatic heterocycles. The molecule has 0 saturated heterocycles. The van der Waals surface area contributed by atoms with Gasteiger partial charge >= 0.3 is 0 Å². The van der Waals surface area contributed by atoms with Gasteiger partial charge in [0.05, 0.1) is 11.9 Å². The number of halogens is 1. The molecule has 1 heterocycles. The van der Waals surface area contributed by atoms with E-state index >= 15 is 0 Å². The molecular formula is C19H21ClN2O. The van der Waals surface area contributed by atoms with Crippen molar-refractivity contribution < 1.29 is 4.79 Å². The van der Waals surface area contributed by atoms with Gasteiger partial charge in [-0.05, 0) is 47.7 Å². The highest BCUT2D eigenvalue weighted by atomic mass is 35.5. The summed E-state index contributed by atoms with van der Waals surface area (Å²) in [5, 5.41) is 3.19. The predicted octanol–water partition coefficient (Wildman–Crippen LogP) is 5.44. The number of nitrogens with one attached hydrogen (secondary N) is 1. The molecule has 1 aromatic heterocycles. The molecule has 1 aromatic carbocycles. The lowest BCUT2D eigenvalue weighted by Gasteiger charge is -2.14. The fourth-order valence-corrected chi connectivity index (χ4v) is 2.38. The summed E-state index contributed by atoms with van der Waals surface area (Å²) in [5.74, 6) is -0.168. The highest BCUT2D eigenvalue weighted by Crippen LogP contribution is 2.23. The van der Waals surface area contributed by atoms with Gasteiger partial charge in [0.1, 0.15) is 5.15 Å². The van der Waals surface area contributed by atoms with Crippen LogP contribution in [0.2, 0.25) is 5.15 Å². The van der Waals surface area contributed by atoms with Crippen molar-refractivity contribution >= 4 is 28.8 Å². The summed E-state index contributed by atoms with van der Waals surface area (Å²) in [4.78, 5) is 16.2. The summed E-state index contributed by atoms with van der Waals surface area (Å²) >= 11 is 5.73. The van der Waals surface area contributed by atoms with E-state index in [1.165, 1.54) is 11.8 Å². The molecule has 0 unspecified atom stereocenters. The fraction of sp³-hybridized carbons (Fsp3) is 0.263. The normalized spacial score (nSPS) is 12.1. The lowest BCUT2D eigenvalue weighted by Crippen LogP contribution is -2.11. The average Bonchev–Trinajstić information content (AvgIpc) is 2.48. The van der Waals surface area contributed by atoms with Crippen LogP contribution in [-0.4, -0.2) is 10.9 Å². The molecule has 2 rings (SSSR count). The molecule has 0 spiro atoms. The highest BCUT2D eigenvalue weighted by Gasteiger charge is 2.09. The van der Waals surface area contributed by atoms with Gasteiger partial charge < -0.3 is 5.32 Å². The van der Waals surface area contributed by atoms with E-state index in [-0.39, 0.29) is 11.3 Å². The van der Waals surface area contributed by atoms with Gasteiger partial charge in [-0.3, -0.25) is 4.79 Å². The maximum atomic E-state index is 12.2. The molecule has 3 nitrogen and oxygen atoms in total. The van der Waals surface area contributed by atoms with E-state index < -0.39 is 0 Å². The van der Waals surface area contributed by atoms with E-state index in [0.717, 1.165) is 5.56 Å². The highest BCUT2D eigenvalue weighted by molar-refractivity contribution is 6.29. The van der Waals surface area contributed by atoms with E-state index in [4.69, 9.17) is 11.6 Å². The quantitative estimate of drug-likeness (QED) is 0.762. The molecule has 0 aliphatic carbocycles. The Morgan fingerprint density at radius 1 is 1.09 bits per heavy atom. The van der Waals surface area contributed by atoms with E-state index in [2.05, 4.69) is 44.1 Å². The van der Waals surface area contributed by atoms with Crippen LogP contribution in [0.4, 0.5) is 5.69 Å². The van der Waals surface area contributed by atoms with Crippen molar-refractivity contribution in [2.45, 2.75) is 27.7 Å². The topological polar surface area (TPSA) is 42.0 Å². The summed E-state index contributed by atoms with van der Waals surface area (Å²) in [6.07, 6.45) is 3.76. The first kappa shape index (κ1) is 17.2. The number of hydrogen-bond acceptors (Lipinski definition) is 2. The van der Waals surface area contributed by atoms with Crippen molar-refractivity contribution in [2.24, 2.45) is 5.41 Å². The molecule has 1 N–H and O–H groups in total. The monoisotopic (exact) mass is 328 g/mol. The molecular weight excluding hydrogens is 308 g/mol. The number of allylic oxidation sites excluding steroid dienone is 2. The number of nitrogens with zero attached hydrogens (tertiary/aromatic N) is 1. The number of aromatic nitrogens is 1. The first-order valence-corrected chi connectivity index (χ1v) is 7.85. The predicted molar refractivity (Wildman–Crippen MR) is 96.7 cm³/mol. The Kier molecular flexibility index (Phi) is 5.22.